The number of hydrogen-bond donors (Lipinski definition) is 0. The van der Waals surface area contributed by atoms with E-state index in [4.69, 9.17) is 9.47 Å². The zero-order valence-electron chi connectivity index (χ0n) is 19.1. The number of fused-ring (bicyclic) bond motifs is 7. The Kier molecular flexibility index (Phi) is 5.17. The molecular formula is C29H20Br2O4. The molecule has 0 atom stereocenters. The number of halogens is 2. The van der Waals surface area contributed by atoms with E-state index in [1.54, 1.807) is 12.1 Å². The average molecular weight is 592 g/mol. The number of benzene rings is 4. The van der Waals surface area contributed by atoms with Gasteiger partial charge in [0.15, 0.2) is 0 Å². The van der Waals surface area contributed by atoms with Crippen LogP contribution in [0.15, 0.2) is 69.6 Å². The largest absolute Gasteiger partial charge is 0.465 e. The maximum Gasteiger partial charge on any atom is 0.338 e. The minimum Gasteiger partial charge on any atom is -0.465 e. The molecule has 0 aliphatic heterocycles. The molecule has 4 nitrogen and oxygen atoms in total. The molecule has 0 amide bonds. The van der Waals surface area contributed by atoms with Gasteiger partial charge < -0.3 is 9.47 Å². The Bertz CT molecular complexity index is 1470. The molecule has 2 aliphatic carbocycles. The zero-order chi connectivity index (χ0) is 24.5. The van der Waals surface area contributed by atoms with Crippen LogP contribution >= 0.6 is 31.9 Å². The Labute approximate surface area is 219 Å². The normalized spacial score (nSPS) is 14.5. The van der Waals surface area contributed by atoms with Gasteiger partial charge in [-0.2, -0.15) is 0 Å². The molecule has 0 fully saturated rings. The van der Waals surface area contributed by atoms with Crippen molar-refractivity contribution < 1.29 is 19.1 Å². The minimum atomic E-state index is -0.558. The van der Waals surface area contributed by atoms with Gasteiger partial charge in [0.2, 0.25) is 0 Å². The van der Waals surface area contributed by atoms with Gasteiger partial charge in [-0.1, -0.05) is 56.1 Å². The summed E-state index contributed by atoms with van der Waals surface area (Å²) in [6, 6.07) is 20.9. The first-order chi connectivity index (χ1) is 16.8. The van der Waals surface area contributed by atoms with Gasteiger partial charge >= 0.3 is 11.9 Å². The second-order valence-corrected chi connectivity index (χ2v) is 11.0. The fraction of sp³-hybridized carbons (Fsp3) is 0.172. The first-order valence-electron chi connectivity index (χ1n) is 11.2. The van der Waals surface area contributed by atoms with E-state index < -0.39 is 11.9 Å². The second kappa shape index (κ2) is 8.04. The number of carbonyl (C=O) groups excluding carboxylic acids is 2. The van der Waals surface area contributed by atoms with E-state index in [1.165, 1.54) is 47.6 Å². The van der Waals surface area contributed by atoms with E-state index >= 15 is 0 Å². The standard InChI is InChI=1S/C29H20Br2O4/c1-34-27(32)23-9-15-7-17-13-29(14-18(17)8-16(15)10-24(23)28(33)35-2)25-11-19(30)3-5-21(25)22-6-4-20(31)12-26(22)29/h3-12H,13-14H2,1-2H3. The SMILES string of the molecule is COC(=O)c1cc2cc3c(cc2cc1C(=O)OC)CC1(C3)c2cc(Br)ccc2-c2ccc(Br)cc21. The highest BCUT2D eigenvalue weighted by atomic mass is 79.9. The molecule has 6 heteroatoms. The first-order valence-corrected chi connectivity index (χ1v) is 12.8. The van der Waals surface area contributed by atoms with Crippen molar-refractivity contribution in [2.24, 2.45) is 0 Å². The van der Waals surface area contributed by atoms with Crippen LogP contribution < -0.4 is 0 Å². The van der Waals surface area contributed by atoms with Crippen molar-refractivity contribution in [1.29, 1.82) is 0 Å². The van der Waals surface area contributed by atoms with E-state index in [1.807, 2.05) is 0 Å². The molecule has 0 N–H and O–H groups in total. The van der Waals surface area contributed by atoms with Crippen molar-refractivity contribution in [3.8, 4) is 11.1 Å². The minimum absolute atomic E-state index is 0.172. The fourth-order valence-electron chi connectivity index (χ4n) is 5.86. The van der Waals surface area contributed by atoms with Crippen molar-refractivity contribution in [3.63, 3.8) is 0 Å². The number of hydrogen-bond acceptors (Lipinski definition) is 4. The summed E-state index contributed by atoms with van der Waals surface area (Å²) in [5, 5.41) is 1.80. The lowest BCUT2D eigenvalue weighted by molar-refractivity contribution is 0.0555. The molecule has 35 heavy (non-hydrogen) atoms. The predicted octanol–water partition coefficient (Wildman–Crippen LogP) is 7.00. The van der Waals surface area contributed by atoms with Gasteiger partial charge in [0.25, 0.3) is 0 Å². The Morgan fingerprint density at radius 2 is 1.11 bits per heavy atom. The molecule has 6 rings (SSSR count). The molecule has 0 saturated carbocycles. The Balaban J connectivity index is 1.55. The lowest BCUT2D eigenvalue weighted by Crippen LogP contribution is -2.25. The zero-order valence-corrected chi connectivity index (χ0v) is 22.2. The average Bonchev–Trinajstić information content (AvgIpc) is 3.35. The third-order valence-corrected chi connectivity index (χ3v) is 8.36. The van der Waals surface area contributed by atoms with Gasteiger partial charge in [0.1, 0.15) is 0 Å². The first kappa shape index (κ1) is 22.5. The Morgan fingerprint density at radius 3 is 1.51 bits per heavy atom. The predicted molar refractivity (Wildman–Crippen MR) is 142 cm³/mol. The summed E-state index contributed by atoms with van der Waals surface area (Å²) >= 11 is 7.37. The van der Waals surface area contributed by atoms with Crippen molar-refractivity contribution >= 4 is 54.6 Å². The number of esters is 2. The summed E-state index contributed by atoms with van der Waals surface area (Å²) in [6.45, 7) is 0. The van der Waals surface area contributed by atoms with Gasteiger partial charge in [0, 0.05) is 14.4 Å². The van der Waals surface area contributed by atoms with Crippen LogP contribution in [0.4, 0.5) is 0 Å². The van der Waals surface area contributed by atoms with Crippen LogP contribution in [0.3, 0.4) is 0 Å². The van der Waals surface area contributed by atoms with Crippen LogP contribution in [0.2, 0.25) is 0 Å². The lowest BCUT2D eigenvalue weighted by Gasteiger charge is -2.27. The van der Waals surface area contributed by atoms with Gasteiger partial charge in [0.05, 0.1) is 25.3 Å². The fourth-order valence-corrected chi connectivity index (χ4v) is 6.59. The molecule has 1 spiro atoms. The third-order valence-electron chi connectivity index (χ3n) is 7.37. The molecule has 4 aromatic carbocycles. The van der Waals surface area contributed by atoms with Gasteiger partial charge in [-0.25, -0.2) is 9.59 Å². The van der Waals surface area contributed by atoms with Crippen LogP contribution in [0.5, 0.6) is 0 Å². The van der Waals surface area contributed by atoms with E-state index in [9.17, 15) is 9.59 Å². The van der Waals surface area contributed by atoms with Crippen LogP contribution in [-0.4, -0.2) is 26.2 Å². The number of rotatable bonds is 2. The molecule has 0 unspecified atom stereocenters. The van der Waals surface area contributed by atoms with Crippen molar-refractivity contribution in [2.75, 3.05) is 14.2 Å². The summed E-state index contributed by atoms with van der Waals surface area (Å²) < 4.78 is 12.0. The molecule has 174 valence electrons. The summed E-state index contributed by atoms with van der Waals surface area (Å²) in [5.41, 5.74) is 7.94. The van der Waals surface area contributed by atoms with E-state index in [2.05, 4.69) is 80.4 Å². The number of ether oxygens (including phenoxy) is 2. The quantitative estimate of drug-likeness (QED) is 0.235. The summed E-state index contributed by atoms with van der Waals surface area (Å²) in [4.78, 5) is 24.9. The van der Waals surface area contributed by atoms with Crippen molar-refractivity contribution in [2.45, 2.75) is 18.3 Å². The molecular weight excluding hydrogens is 572 g/mol. The third kappa shape index (κ3) is 3.30. The van der Waals surface area contributed by atoms with Gasteiger partial charge in [-0.3, -0.25) is 0 Å². The van der Waals surface area contributed by atoms with Crippen molar-refractivity contribution in [1.82, 2.24) is 0 Å². The van der Waals surface area contributed by atoms with Crippen LogP contribution in [-0.2, 0) is 27.7 Å². The van der Waals surface area contributed by atoms with E-state index in [-0.39, 0.29) is 16.5 Å². The monoisotopic (exact) mass is 590 g/mol. The van der Waals surface area contributed by atoms with Crippen LogP contribution in [0.1, 0.15) is 43.0 Å². The van der Waals surface area contributed by atoms with E-state index in [0.717, 1.165) is 32.6 Å². The Hall–Kier alpha value is -2.96. The summed E-state index contributed by atoms with van der Waals surface area (Å²) in [5.74, 6) is -1.12. The van der Waals surface area contributed by atoms with Crippen LogP contribution in [0.25, 0.3) is 21.9 Å². The van der Waals surface area contributed by atoms with E-state index in [0.29, 0.717) is 0 Å². The summed E-state index contributed by atoms with van der Waals surface area (Å²) in [7, 11) is 2.62. The molecule has 0 heterocycles. The molecule has 0 saturated heterocycles. The van der Waals surface area contributed by atoms with Crippen LogP contribution in [0, 0.1) is 0 Å². The Morgan fingerprint density at radius 1 is 0.686 bits per heavy atom. The number of methoxy groups -OCH3 is 2. The molecule has 0 radical (unpaired) electrons. The molecule has 0 aromatic heterocycles. The highest BCUT2D eigenvalue weighted by Crippen LogP contribution is 2.56. The maximum atomic E-state index is 12.4. The topological polar surface area (TPSA) is 52.6 Å². The second-order valence-electron chi connectivity index (χ2n) is 9.16. The van der Waals surface area contributed by atoms with Crippen molar-refractivity contribution in [3.05, 3.63) is 103 Å². The van der Waals surface area contributed by atoms with Gasteiger partial charge in [-0.15, -0.1) is 0 Å². The van der Waals surface area contributed by atoms with Gasteiger partial charge in [-0.05, 0) is 93.4 Å². The molecule has 2 aliphatic rings. The smallest absolute Gasteiger partial charge is 0.338 e. The molecule has 4 aromatic rings. The highest BCUT2D eigenvalue weighted by molar-refractivity contribution is 9.10. The summed E-state index contributed by atoms with van der Waals surface area (Å²) in [6.07, 6.45) is 1.72. The maximum absolute atomic E-state index is 12.4. The lowest BCUT2D eigenvalue weighted by atomic mass is 9.76. The number of carbonyl (C=O) groups is 2. The highest BCUT2D eigenvalue weighted by Gasteiger charge is 2.47. The molecule has 0 bridgehead atoms.